The number of fused-ring (bicyclic) bond motifs is 2. The standard InChI is InChI=1S/C17H20N2O3/c1-9-16(12-7-10(20)3-4-14(12)19(9)2)17(21)18-13-8-15-11(13)5-6-22-15/h3-4,7,11,13,15,20H,5-6,8H2,1-2H3,(H,18,21)/t11-,13+,15+/m0/s1. The molecular weight excluding hydrogens is 280 g/mol. The number of phenols is 1. The van der Waals surface area contributed by atoms with Gasteiger partial charge in [0.15, 0.2) is 0 Å². The number of nitrogens with zero attached hydrogens (tertiary/aromatic N) is 1. The van der Waals surface area contributed by atoms with E-state index in [1.54, 1.807) is 12.1 Å². The molecule has 22 heavy (non-hydrogen) atoms. The first-order valence-corrected chi connectivity index (χ1v) is 7.76. The molecule has 2 heterocycles. The summed E-state index contributed by atoms with van der Waals surface area (Å²) < 4.78 is 7.59. The molecule has 1 aromatic heterocycles. The van der Waals surface area contributed by atoms with Gasteiger partial charge in [0.1, 0.15) is 5.75 Å². The lowest BCUT2D eigenvalue weighted by Gasteiger charge is -2.39. The van der Waals surface area contributed by atoms with Crippen molar-refractivity contribution in [3.63, 3.8) is 0 Å². The molecule has 2 aromatic rings. The highest BCUT2D eigenvalue weighted by Gasteiger charge is 2.46. The van der Waals surface area contributed by atoms with E-state index in [-0.39, 0.29) is 17.7 Å². The van der Waals surface area contributed by atoms with Gasteiger partial charge in [-0.1, -0.05) is 0 Å². The second kappa shape index (κ2) is 4.74. The Hall–Kier alpha value is -2.01. The minimum Gasteiger partial charge on any atom is -0.508 e. The van der Waals surface area contributed by atoms with Gasteiger partial charge in [0.05, 0.1) is 11.7 Å². The van der Waals surface area contributed by atoms with Crippen LogP contribution in [-0.2, 0) is 11.8 Å². The van der Waals surface area contributed by atoms with E-state index in [9.17, 15) is 9.90 Å². The summed E-state index contributed by atoms with van der Waals surface area (Å²) in [5, 5.41) is 13.7. The van der Waals surface area contributed by atoms with Crippen LogP contribution in [0.4, 0.5) is 0 Å². The van der Waals surface area contributed by atoms with Crippen LogP contribution in [0.1, 0.15) is 28.9 Å². The van der Waals surface area contributed by atoms with Crippen LogP contribution < -0.4 is 5.32 Å². The lowest BCUT2D eigenvalue weighted by molar-refractivity contribution is 0.00811. The molecule has 116 valence electrons. The Morgan fingerprint density at radius 2 is 2.27 bits per heavy atom. The number of aromatic hydroxyl groups is 1. The van der Waals surface area contributed by atoms with Crippen LogP contribution in [-0.4, -0.2) is 34.3 Å². The van der Waals surface area contributed by atoms with Gasteiger partial charge in [-0.15, -0.1) is 0 Å². The van der Waals surface area contributed by atoms with Crippen molar-refractivity contribution in [2.24, 2.45) is 13.0 Å². The van der Waals surface area contributed by atoms with Crippen molar-refractivity contribution in [2.45, 2.75) is 31.9 Å². The van der Waals surface area contributed by atoms with Gasteiger partial charge in [0, 0.05) is 42.2 Å². The van der Waals surface area contributed by atoms with E-state index in [0.29, 0.717) is 17.6 Å². The zero-order valence-corrected chi connectivity index (χ0v) is 12.8. The van der Waals surface area contributed by atoms with Gasteiger partial charge in [-0.05, 0) is 38.0 Å². The highest BCUT2D eigenvalue weighted by atomic mass is 16.5. The van der Waals surface area contributed by atoms with Gasteiger partial charge in [-0.25, -0.2) is 0 Å². The summed E-state index contributed by atoms with van der Waals surface area (Å²) in [7, 11) is 1.94. The van der Waals surface area contributed by atoms with Crippen molar-refractivity contribution < 1.29 is 14.6 Å². The number of rotatable bonds is 2. The highest BCUT2D eigenvalue weighted by molar-refractivity contribution is 6.08. The maximum Gasteiger partial charge on any atom is 0.253 e. The van der Waals surface area contributed by atoms with Crippen LogP contribution >= 0.6 is 0 Å². The number of hydrogen-bond donors (Lipinski definition) is 2. The van der Waals surface area contributed by atoms with E-state index in [4.69, 9.17) is 4.74 Å². The molecule has 0 radical (unpaired) electrons. The number of ether oxygens (including phenoxy) is 1. The smallest absolute Gasteiger partial charge is 0.253 e. The number of aromatic nitrogens is 1. The number of carbonyl (C=O) groups is 1. The molecular formula is C17H20N2O3. The molecule has 0 spiro atoms. The fraction of sp³-hybridized carbons (Fsp3) is 0.471. The lowest BCUT2D eigenvalue weighted by atomic mass is 9.76. The van der Waals surface area contributed by atoms with Crippen molar-refractivity contribution in [2.75, 3.05) is 6.61 Å². The van der Waals surface area contributed by atoms with Crippen molar-refractivity contribution >= 4 is 16.8 Å². The second-order valence-corrected chi connectivity index (χ2v) is 6.40. The number of nitrogens with one attached hydrogen (secondary N) is 1. The van der Waals surface area contributed by atoms with Gasteiger partial charge in [0.25, 0.3) is 5.91 Å². The van der Waals surface area contributed by atoms with E-state index in [2.05, 4.69) is 5.32 Å². The van der Waals surface area contributed by atoms with Crippen molar-refractivity contribution in [3.8, 4) is 5.75 Å². The van der Waals surface area contributed by atoms with E-state index in [0.717, 1.165) is 36.0 Å². The molecule has 1 amide bonds. The summed E-state index contributed by atoms with van der Waals surface area (Å²) >= 11 is 0. The predicted molar refractivity (Wildman–Crippen MR) is 83.0 cm³/mol. The molecule has 1 saturated heterocycles. The Morgan fingerprint density at radius 1 is 1.45 bits per heavy atom. The zero-order valence-electron chi connectivity index (χ0n) is 12.8. The fourth-order valence-corrected chi connectivity index (χ4v) is 3.85. The Kier molecular flexibility index (Phi) is 2.94. The summed E-state index contributed by atoms with van der Waals surface area (Å²) in [6.45, 7) is 2.75. The average molecular weight is 300 g/mol. The first kappa shape index (κ1) is 13.6. The molecule has 5 heteroatoms. The Balaban J connectivity index is 1.66. The van der Waals surface area contributed by atoms with Gasteiger partial charge >= 0.3 is 0 Å². The van der Waals surface area contributed by atoms with Crippen LogP contribution in [0.3, 0.4) is 0 Å². The summed E-state index contributed by atoms with van der Waals surface area (Å²) in [5.74, 6) is 0.594. The SMILES string of the molecule is Cc1c(C(=O)N[C@@H]2C[C@H]3OCC[C@@H]23)c2cc(O)ccc2n1C. The van der Waals surface area contributed by atoms with Crippen LogP contribution in [0.25, 0.3) is 10.9 Å². The third kappa shape index (κ3) is 1.85. The molecule has 1 aliphatic carbocycles. The molecule has 1 aromatic carbocycles. The van der Waals surface area contributed by atoms with Crippen LogP contribution in [0.5, 0.6) is 5.75 Å². The average Bonchev–Trinajstić information content (AvgIpc) is 2.96. The molecule has 1 saturated carbocycles. The lowest BCUT2D eigenvalue weighted by Crippen LogP contribution is -2.53. The minimum absolute atomic E-state index is 0.0518. The van der Waals surface area contributed by atoms with Crippen molar-refractivity contribution in [3.05, 3.63) is 29.5 Å². The molecule has 1 aliphatic heterocycles. The molecule has 0 unspecified atom stereocenters. The van der Waals surface area contributed by atoms with E-state index in [1.807, 2.05) is 24.6 Å². The Labute approximate surface area is 128 Å². The highest BCUT2D eigenvalue weighted by Crippen LogP contribution is 2.39. The molecule has 5 nitrogen and oxygen atoms in total. The number of aryl methyl sites for hydroxylation is 1. The molecule has 2 fully saturated rings. The quantitative estimate of drug-likeness (QED) is 0.893. The molecule has 3 atom stereocenters. The third-order valence-electron chi connectivity index (χ3n) is 5.28. The van der Waals surface area contributed by atoms with E-state index in [1.165, 1.54) is 0 Å². The van der Waals surface area contributed by atoms with Crippen molar-refractivity contribution in [1.82, 2.24) is 9.88 Å². The number of phenolic OH excluding ortho intramolecular Hbond substituents is 1. The van der Waals surface area contributed by atoms with Crippen LogP contribution in [0.15, 0.2) is 18.2 Å². The first-order chi connectivity index (χ1) is 10.6. The number of hydrogen-bond acceptors (Lipinski definition) is 3. The Morgan fingerprint density at radius 3 is 3.05 bits per heavy atom. The van der Waals surface area contributed by atoms with Crippen LogP contribution in [0.2, 0.25) is 0 Å². The summed E-state index contributed by atoms with van der Waals surface area (Å²) in [6.07, 6.45) is 2.28. The molecule has 2 N–H and O–H groups in total. The van der Waals surface area contributed by atoms with E-state index < -0.39 is 0 Å². The topological polar surface area (TPSA) is 63.5 Å². The summed E-state index contributed by atoms with van der Waals surface area (Å²) in [6, 6.07) is 5.38. The monoisotopic (exact) mass is 300 g/mol. The Bertz CT molecular complexity index is 765. The summed E-state index contributed by atoms with van der Waals surface area (Å²) in [4.78, 5) is 12.7. The van der Waals surface area contributed by atoms with Gasteiger partial charge < -0.3 is 19.7 Å². The largest absolute Gasteiger partial charge is 0.508 e. The third-order valence-corrected chi connectivity index (χ3v) is 5.28. The van der Waals surface area contributed by atoms with Gasteiger partial charge in [0.2, 0.25) is 0 Å². The number of carbonyl (C=O) groups excluding carboxylic acids is 1. The molecule has 4 rings (SSSR count). The summed E-state index contributed by atoms with van der Waals surface area (Å²) in [5.41, 5.74) is 2.53. The fourth-order valence-electron chi connectivity index (χ4n) is 3.85. The van der Waals surface area contributed by atoms with Crippen LogP contribution in [0, 0.1) is 12.8 Å². The van der Waals surface area contributed by atoms with E-state index >= 15 is 0 Å². The van der Waals surface area contributed by atoms with Crippen molar-refractivity contribution in [1.29, 1.82) is 0 Å². The number of amides is 1. The zero-order chi connectivity index (χ0) is 15.4. The normalized spacial score (nSPS) is 26.7. The maximum absolute atomic E-state index is 12.7. The number of benzene rings is 1. The molecule has 0 bridgehead atoms. The first-order valence-electron chi connectivity index (χ1n) is 7.76. The second-order valence-electron chi connectivity index (χ2n) is 6.40. The maximum atomic E-state index is 12.7. The molecule has 2 aliphatic rings. The minimum atomic E-state index is -0.0518. The van der Waals surface area contributed by atoms with Gasteiger partial charge in [-0.3, -0.25) is 4.79 Å². The predicted octanol–water partition coefficient (Wildman–Crippen LogP) is 2.10. The van der Waals surface area contributed by atoms with Gasteiger partial charge in [-0.2, -0.15) is 0 Å².